The third-order valence-corrected chi connectivity index (χ3v) is 5.62. The molecule has 3 N–H and O–H groups in total. The van der Waals surface area contributed by atoms with Gasteiger partial charge < -0.3 is 15.5 Å². The second kappa shape index (κ2) is 8.40. The van der Waals surface area contributed by atoms with Crippen molar-refractivity contribution < 1.29 is 4.42 Å². The first kappa shape index (κ1) is 20.7. The van der Waals surface area contributed by atoms with E-state index < -0.39 is 0 Å². The standard InChI is InChI=1S/C24H19ClN6O2/c1-14(29-21-17(13-28-24(26)30-21)22-27-10-11-33-22)19-12-15-6-5-9-18(25)20(15)23(32)31(19)16-7-3-2-4-8-16/h2-14H,1H3,(H3,26,28,29,30). The molecule has 3 heterocycles. The Bertz CT molecular complexity index is 1500. The van der Waals surface area contributed by atoms with Crippen LogP contribution < -0.4 is 16.6 Å². The van der Waals surface area contributed by atoms with Crippen LogP contribution >= 0.6 is 11.6 Å². The lowest BCUT2D eigenvalue weighted by atomic mass is 10.1. The van der Waals surface area contributed by atoms with Gasteiger partial charge in [0.15, 0.2) is 0 Å². The summed E-state index contributed by atoms with van der Waals surface area (Å²) in [5, 5.41) is 4.97. The lowest BCUT2D eigenvalue weighted by molar-refractivity contribution is 0.574. The number of fused-ring (bicyclic) bond motifs is 1. The van der Waals surface area contributed by atoms with Gasteiger partial charge in [0.05, 0.1) is 28.2 Å². The Morgan fingerprint density at radius 2 is 1.94 bits per heavy atom. The first-order chi connectivity index (χ1) is 16.0. The van der Waals surface area contributed by atoms with E-state index in [9.17, 15) is 4.79 Å². The molecule has 33 heavy (non-hydrogen) atoms. The number of halogens is 1. The topological polar surface area (TPSA) is 112 Å². The van der Waals surface area contributed by atoms with Gasteiger partial charge in [0.2, 0.25) is 11.8 Å². The van der Waals surface area contributed by atoms with Crippen LogP contribution in [0.1, 0.15) is 18.7 Å². The average molecular weight is 459 g/mol. The van der Waals surface area contributed by atoms with Gasteiger partial charge >= 0.3 is 0 Å². The van der Waals surface area contributed by atoms with Gasteiger partial charge in [-0.2, -0.15) is 4.98 Å². The largest absolute Gasteiger partial charge is 0.444 e. The van der Waals surface area contributed by atoms with Crippen LogP contribution in [0.5, 0.6) is 0 Å². The van der Waals surface area contributed by atoms with Gasteiger partial charge in [-0.3, -0.25) is 9.36 Å². The molecule has 0 aliphatic carbocycles. The van der Waals surface area contributed by atoms with E-state index in [1.165, 1.54) is 6.26 Å². The van der Waals surface area contributed by atoms with Crippen LogP contribution in [-0.4, -0.2) is 19.5 Å². The van der Waals surface area contributed by atoms with Gasteiger partial charge in [-0.05, 0) is 36.6 Å². The zero-order valence-corrected chi connectivity index (χ0v) is 18.3. The van der Waals surface area contributed by atoms with E-state index in [-0.39, 0.29) is 17.5 Å². The van der Waals surface area contributed by atoms with Crippen LogP contribution in [0.3, 0.4) is 0 Å². The summed E-state index contributed by atoms with van der Waals surface area (Å²) in [5.41, 5.74) is 7.64. The average Bonchev–Trinajstić information content (AvgIpc) is 3.34. The van der Waals surface area contributed by atoms with E-state index in [0.29, 0.717) is 27.7 Å². The number of oxazole rings is 1. The number of benzene rings is 2. The van der Waals surface area contributed by atoms with Crippen molar-refractivity contribution in [2.45, 2.75) is 13.0 Å². The highest BCUT2D eigenvalue weighted by Crippen LogP contribution is 2.30. The lowest BCUT2D eigenvalue weighted by Gasteiger charge is -2.22. The van der Waals surface area contributed by atoms with Crippen molar-refractivity contribution in [1.82, 2.24) is 19.5 Å². The molecule has 5 aromatic rings. The Labute approximate surface area is 193 Å². The Kier molecular flexibility index (Phi) is 5.27. The predicted molar refractivity (Wildman–Crippen MR) is 129 cm³/mol. The summed E-state index contributed by atoms with van der Waals surface area (Å²) in [4.78, 5) is 26.2. The maximum atomic E-state index is 13.6. The Balaban J connectivity index is 1.68. The molecule has 9 heteroatoms. The molecule has 5 rings (SSSR count). The van der Waals surface area contributed by atoms with Crippen molar-refractivity contribution in [3.05, 3.63) is 94.3 Å². The molecule has 0 fully saturated rings. The van der Waals surface area contributed by atoms with E-state index in [2.05, 4.69) is 20.3 Å². The molecule has 8 nitrogen and oxygen atoms in total. The molecule has 0 aliphatic heterocycles. The van der Waals surface area contributed by atoms with Crippen molar-refractivity contribution in [1.29, 1.82) is 0 Å². The van der Waals surface area contributed by atoms with Gasteiger partial charge in [-0.1, -0.05) is 41.9 Å². The fourth-order valence-electron chi connectivity index (χ4n) is 3.80. The summed E-state index contributed by atoms with van der Waals surface area (Å²) in [7, 11) is 0. The molecule has 0 bridgehead atoms. The SMILES string of the molecule is CC(Nc1nc(N)ncc1-c1ncco1)c1cc2cccc(Cl)c2c(=O)n1-c1ccccc1. The van der Waals surface area contributed by atoms with Gasteiger partial charge in [0.1, 0.15) is 12.1 Å². The monoisotopic (exact) mass is 458 g/mol. The van der Waals surface area contributed by atoms with Crippen LogP contribution in [0.25, 0.3) is 27.9 Å². The summed E-state index contributed by atoms with van der Waals surface area (Å²) in [6.07, 6.45) is 4.56. The molecular formula is C24H19ClN6O2. The van der Waals surface area contributed by atoms with Gasteiger partial charge in [0.25, 0.3) is 5.56 Å². The van der Waals surface area contributed by atoms with E-state index in [1.54, 1.807) is 23.0 Å². The fraction of sp³-hybridized carbons (Fsp3) is 0.0833. The Hall–Kier alpha value is -4.17. The predicted octanol–water partition coefficient (Wildman–Crippen LogP) is 4.84. The Morgan fingerprint density at radius 3 is 2.70 bits per heavy atom. The molecule has 3 aromatic heterocycles. The molecule has 1 atom stereocenters. The molecule has 0 saturated heterocycles. The van der Waals surface area contributed by atoms with E-state index in [1.807, 2.05) is 55.5 Å². The van der Waals surface area contributed by atoms with Gasteiger partial charge in [-0.15, -0.1) is 0 Å². The minimum Gasteiger partial charge on any atom is -0.444 e. The second-order valence-electron chi connectivity index (χ2n) is 7.44. The first-order valence-electron chi connectivity index (χ1n) is 10.2. The molecule has 1 unspecified atom stereocenters. The molecule has 0 saturated carbocycles. The number of nitrogens with zero attached hydrogens (tertiary/aromatic N) is 4. The third-order valence-electron chi connectivity index (χ3n) is 5.31. The first-order valence-corrected chi connectivity index (χ1v) is 10.6. The van der Waals surface area contributed by atoms with Gasteiger partial charge in [-0.25, -0.2) is 9.97 Å². The van der Waals surface area contributed by atoms with E-state index >= 15 is 0 Å². The number of nitrogen functional groups attached to an aromatic ring is 1. The highest BCUT2D eigenvalue weighted by Gasteiger charge is 2.20. The van der Waals surface area contributed by atoms with Gasteiger partial charge in [0, 0.05) is 17.6 Å². The molecule has 0 amide bonds. The summed E-state index contributed by atoms with van der Waals surface area (Å²) >= 11 is 6.40. The minimum atomic E-state index is -0.357. The number of hydrogen-bond donors (Lipinski definition) is 2. The highest BCUT2D eigenvalue weighted by molar-refractivity contribution is 6.35. The number of anilines is 2. The van der Waals surface area contributed by atoms with Crippen LogP contribution in [0.15, 0.2) is 82.5 Å². The van der Waals surface area contributed by atoms with Crippen LogP contribution in [0, 0.1) is 0 Å². The number of rotatable bonds is 5. The van der Waals surface area contributed by atoms with Crippen molar-refractivity contribution in [3.8, 4) is 17.1 Å². The minimum absolute atomic E-state index is 0.103. The zero-order chi connectivity index (χ0) is 22.9. The number of nitrogens with one attached hydrogen (secondary N) is 1. The molecule has 0 aliphatic rings. The molecule has 0 spiro atoms. The number of hydrogen-bond acceptors (Lipinski definition) is 7. The smallest absolute Gasteiger partial charge is 0.264 e. The molecule has 164 valence electrons. The quantitative estimate of drug-likeness (QED) is 0.387. The Morgan fingerprint density at radius 1 is 1.12 bits per heavy atom. The summed E-state index contributed by atoms with van der Waals surface area (Å²) in [5.74, 6) is 0.900. The van der Waals surface area contributed by atoms with Crippen LogP contribution in [-0.2, 0) is 0 Å². The van der Waals surface area contributed by atoms with Crippen molar-refractivity contribution in [3.63, 3.8) is 0 Å². The molecular weight excluding hydrogens is 440 g/mol. The van der Waals surface area contributed by atoms with E-state index in [4.69, 9.17) is 21.8 Å². The maximum absolute atomic E-state index is 13.6. The highest BCUT2D eigenvalue weighted by atomic mass is 35.5. The number of nitrogens with two attached hydrogens (primary N) is 1. The van der Waals surface area contributed by atoms with E-state index in [0.717, 1.165) is 16.8 Å². The molecule has 0 radical (unpaired) electrons. The third kappa shape index (κ3) is 3.81. The molecule has 2 aromatic carbocycles. The zero-order valence-electron chi connectivity index (χ0n) is 17.6. The maximum Gasteiger partial charge on any atom is 0.264 e. The van der Waals surface area contributed by atoms with Crippen LogP contribution in [0.4, 0.5) is 11.8 Å². The number of pyridine rings is 1. The lowest BCUT2D eigenvalue weighted by Crippen LogP contribution is -2.26. The van der Waals surface area contributed by atoms with Crippen LogP contribution in [0.2, 0.25) is 5.02 Å². The van der Waals surface area contributed by atoms with Crippen molar-refractivity contribution >= 4 is 34.1 Å². The summed E-state index contributed by atoms with van der Waals surface area (Å²) < 4.78 is 7.08. The van der Waals surface area contributed by atoms with Crippen molar-refractivity contribution in [2.24, 2.45) is 0 Å². The normalized spacial score (nSPS) is 12.1. The summed E-state index contributed by atoms with van der Waals surface area (Å²) in [6, 6.07) is 16.4. The fourth-order valence-corrected chi connectivity index (χ4v) is 4.06. The second-order valence-corrected chi connectivity index (χ2v) is 7.85. The number of para-hydroxylation sites is 1. The van der Waals surface area contributed by atoms with Crippen molar-refractivity contribution in [2.75, 3.05) is 11.1 Å². The number of aromatic nitrogens is 4. The summed E-state index contributed by atoms with van der Waals surface area (Å²) in [6.45, 7) is 1.93.